The Morgan fingerprint density at radius 3 is 2.43 bits per heavy atom. The molecule has 2 aliphatic rings. The molecule has 0 atom stereocenters. The van der Waals surface area contributed by atoms with Crippen LogP contribution in [0, 0.1) is 19.8 Å². The molecule has 0 radical (unpaired) electrons. The average molecular weight is 399 g/mol. The minimum Gasteiger partial charge on any atom is -0.339 e. The fourth-order valence-electron chi connectivity index (χ4n) is 4.15. The topological polar surface area (TPSA) is 71.4 Å². The summed E-state index contributed by atoms with van der Waals surface area (Å²) in [7, 11) is 0. The number of nitrogens with one attached hydrogen (secondary N) is 1. The molecule has 6 nitrogen and oxygen atoms in total. The molecule has 0 aromatic carbocycles. The fourth-order valence-corrected chi connectivity index (χ4v) is 4.15. The summed E-state index contributed by atoms with van der Waals surface area (Å²) in [6.07, 6.45) is -1.73. The van der Waals surface area contributed by atoms with Gasteiger partial charge in [0.15, 0.2) is 5.78 Å². The van der Waals surface area contributed by atoms with Crippen molar-refractivity contribution >= 4 is 17.7 Å². The van der Waals surface area contributed by atoms with Gasteiger partial charge in [0.05, 0.1) is 6.54 Å². The van der Waals surface area contributed by atoms with Crippen LogP contribution in [0.3, 0.4) is 0 Å². The Labute approximate surface area is 161 Å². The molecule has 2 fully saturated rings. The molecule has 1 aromatic heterocycles. The van der Waals surface area contributed by atoms with Crippen LogP contribution in [0.4, 0.5) is 18.0 Å². The number of amides is 3. The molecule has 1 aromatic rings. The second-order valence-corrected chi connectivity index (χ2v) is 8.00. The zero-order valence-corrected chi connectivity index (χ0v) is 16.2. The van der Waals surface area contributed by atoms with Crippen LogP contribution in [-0.4, -0.2) is 45.4 Å². The van der Waals surface area contributed by atoms with Crippen molar-refractivity contribution in [2.45, 2.75) is 64.7 Å². The Morgan fingerprint density at radius 1 is 1.25 bits per heavy atom. The lowest BCUT2D eigenvalue weighted by Crippen LogP contribution is -2.49. The van der Waals surface area contributed by atoms with E-state index in [0.717, 1.165) is 22.3 Å². The van der Waals surface area contributed by atoms with Crippen LogP contribution in [0.5, 0.6) is 0 Å². The summed E-state index contributed by atoms with van der Waals surface area (Å²) in [6, 6.07) is 0.761. The van der Waals surface area contributed by atoms with E-state index in [1.807, 2.05) is 0 Å². The molecule has 1 aliphatic heterocycles. The Hall–Kier alpha value is -2.32. The lowest BCUT2D eigenvalue weighted by molar-refractivity contribution is -0.141. The molecule has 1 spiro atoms. The highest BCUT2D eigenvalue weighted by molar-refractivity contribution is 6.11. The van der Waals surface area contributed by atoms with Gasteiger partial charge in [-0.2, -0.15) is 13.2 Å². The van der Waals surface area contributed by atoms with Gasteiger partial charge in [0.25, 0.3) is 5.91 Å². The van der Waals surface area contributed by atoms with Crippen molar-refractivity contribution in [1.82, 2.24) is 14.8 Å². The molecule has 3 amide bonds. The number of hydrogen-bond donors (Lipinski definition) is 1. The van der Waals surface area contributed by atoms with Crippen LogP contribution >= 0.6 is 0 Å². The zero-order chi connectivity index (χ0) is 20.9. The Bertz CT molecular complexity index is 820. The van der Waals surface area contributed by atoms with Crippen LogP contribution in [-0.2, 0) is 11.3 Å². The van der Waals surface area contributed by atoms with Gasteiger partial charge in [0.1, 0.15) is 12.1 Å². The molecule has 1 saturated heterocycles. The summed E-state index contributed by atoms with van der Waals surface area (Å²) in [4.78, 5) is 38.8. The molecule has 0 unspecified atom stereocenters. The van der Waals surface area contributed by atoms with E-state index in [-0.39, 0.29) is 11.3 Å². The highest BCUT2D eigenvalue weighted by atomic mass is 19.4. The van der Waals surface area contributed by atoms with Crippen LogP contribution in [0.25, 0.3) is 0 Å². The van der Waals surface area contributed by atoms with Crippen molar-refractivity contribution in [3.8, 4) is 0 Å². The fraction of sp³-hybridized carbons (Fsp3) is 0.632. The van der Waals surface area contributed by atoms with E-state index in [4.69, 9.17) is 0 Å². The summed E-state index contributed by atoms with van der Waals surface area (Å²) in [5, 5.41) is 2.74. The molecule has 0 bridgehead atoms. The molecule has 3 rings (SSSR count). The summed E-state index contributed by atoms with van der Waals surface area (Å²) in [5.74, 6) is -0.488. The van der Waals surface area contributed by atoms with E-state index in [1.165, 1.54) is 19.9 Å². The smallest absolute Gasteiger partial charge is 0.339 e. The van der Waals surface area contributed by atoms with E-state index in [0.29, 0.717) is 24.5 Å². The zero-order valence-electron chi connectivity index (χ0n) is 16.2. The van der Waals surface area contributed by atoms with E-state index in [1.54, 1.807) is 0 Å². The van der Waals surface area contributed by atoms with Crippen molar-refractivity contribution in [2.75, 3.05) is 6.54 Å². The normalized spacial score (nSPS) is 25.5. The van der Waals surface area contributed by atoms with Gasteiger partial charge >= 0.3 is 12.2 Å². The van der Waals surface area contributed by atoms with Gasteiger partial charge in [-0.1, -0.05) is 6.92 Å². The average Bonchev–Trinajstić information content (AvgIpc) is 2.99. The third kappa shape index (κ3) is 3.66. The molecular formula is C19H24F3N3O3. The highest BCUT2D eigenvalue weighted by Crippen LogP contribution is 2.36. The van der Waals surface area contributed by atoms with Gasteiger partial charge in [0, 0.05) is 17.0 Å². The first-order valence-electron chi connectivity index (χ1n) is 9.34. The molecule has 2 heterocycles. The third-order valence-corrected chi connectivity index (χ3v) is 5.89. The number of ketones is 1. The molecule has 1 N–H and O–H groups in total. The number of urea groups is 1. The number of alkyl halides is 3. The van der Waals surface area contributed by atoms with Crippen molar-refractivity contribution in [3.63, 3.8) is 0 Å². The summed E-state index contributed by atoms with van der Waals surface area (Å²) >= 11 is 0. The second-order valence-electron chi connectivity index (χ2n) is 8.00. The van der Waals surface area contributed by atoms with Crippen molar-refractivity contribution in [1.29, 1.82) is 0 Å². The van der Waals surface area contributed by atoms with Crippen molar-refractivity contribution in [2.24, 2.45) is 5.92 Å². The minimum absolute atomic E-state index is 0.0977. The lowest BCUT2D eigenvalue weighted by atomic mass is 9.77. The monoisotopic (exact) mass is 399 g/mol. The van der Waals surface area contributed by atoms with Crippen molar-refractivity contribution in [3.05, 3.63) is 23.0 Å². The minimum atomic E-state index is -4.41. The Morgan fingerprint density at radius 2 is 1.86 bits per heavy atom. The maximum Gasteiger partial charge on any atom is 0.406 e. The highest BCUT2D eigenvalue weighted by Gasteiger charge is 2.52. The van der Waals surface area contributed by atoms with Gasteiger partial charge in [-0.15, -0.1) is 0 Å². The predicted molar refractivity (Wildman–Crippen MR) is 94.9 cm³/mol. The number of carbonyl (C=O) groups excluding carboxylic acids is 3. The summed E-state index contributed by atoms with van der Waals surface area (Å²) in [5.41, 5.74) is -0.376. The van der Waals surface area contributed by atoms with Crippen LogP contribution < -0.4 is 5.32 Å². The maximum absolute atomic E-state index is 12.8. The number of imide groups is 1. The van der Waals surface area contributed by atoms with E-state index in [2.05, 4.69) is 12.2 Å². The number of hydrogen-bond acceptors (Lipinski definition) is 3. The molecule has 28 heavy (non-hydrogen) atoms. The number of aromatic nitrogens is 1. The third-order valence-electron chi connectivity index (χ3n) is 5.89. The number of carbonyl (C=O) groups is 3. The summed E-state index contributed by atoms with van der Waals surface area (Å²) < 4.78 is 39.3. The number of halogens is 3. The van der Waals surface area contributed by atoms with Gasteiger partial charge in [-0.3, -0.25) is 14.5 Å². The molecular weight excluding hydrogens is 375 g/mol. The maximum atomic E-state index is 12.8. The van der Waals surface area contributed by atoms with Gasteiger partial charge in [-0.05, 0) is 51.5 Å². The molecule has 1 saturated carbocycles. The van der Waals surface area contributed by atoms with Crippen molar-refractivity contribution < 1.29 is 27.6 Å². The van der Waals surface area contributed by atoms with E-state index >= 15 is 0 Å². The number of aryl methyl sites for hydroxylation is 1. The number of Topliss-reactive ketones (excluding diaryl/α,β-unsaturated/α-hetero) is 1. The SMILES string of the molecule is Cc1cc(C(=O)CN2C(=O)NC3(CCC(C)CC3)C2=O)c(C)n1CC(F)(F)F. The van der Waals surface area contributed by atoms with Gasteiger partial charge < -0.3 is 9.88 Å². The molecule has 154 valence electrons. The number of rotatable bonds is 4. The predicted octanol–water partition coefficient (Wildman–Crippen LogP) is 3.35. The number of nitrogens with zero attached hydrogens (tertiary/aromatic N) is 2. The van der Waals surface area contributed by atoms with Crippen LogP contribution in [0.15, 0.2) is 6.07 Å². The summed E-state index contributed by atoms with van der Waals surface area (Å²) in [6.45, 7) is 3.34. The first kappa shape index (κ1) is 20.4. The first-order chi connectivity index (χ1) is 12.9. The lowest BCUT2D eigenvalue weighted by Gasteiger charge is -2.33. The Balaban J connectivity index is 1.77. The van der Waals surface area contributed by atoms with E-state index < -0.39 is 42.5 Å². The molecule has 1 aliphatic carbocycles. The van der Waals surface area contributed by atoms with Gasteiger partial charge in [-0.25, -0.2) is 4.79 Å². The largest absolute Gasteiger partial charge is 0.406 e. The van der Waals surface area contributed by atoms with Crippen LogP contribution in [0.2, 0.25) is 0 Å². The first-order valence-corrected chi connectivity index (χ1v) is 9.34. The standard InChI is InChI=1S/C19H24F3N3O3/c1-11-4-6-18(7-5-11)16(27)24(17(28)23-18)9-15(26)14-8-12(2)25(13(14)3)10-19(20,21)22/h8,11H,4-7,9-10H2,1-3H3,(H,23,28). The molecule has 9 heteroatoms. The Kier molecular flexibility index (Phi) is 5.05. The second kappa shape index (κ2) is 6.93. The van der Waals surface area contributed by atoms with Gasteiger partial charge in [0.2, 0.25) is 0 Å². The quantitative estimate of drug-likeness (QED) is 0.624. The van der Waals surface area contributed by atoms with E-state index in [9.17, 15) is 27.6 Å². The van der Waals surface area contributed by atoms with Crippen LogP contribution in [0.1, 0.15) is 54.4 Å².